The number of carbonyl (C=O) groups is 3. The number of rotatable bonds is 6. The smallest absolute Gasteiger partial charge is 0.261 e. The second-order valence-electron chi connectivity index (χ2n) is 5.35. The van der Waals surface area contributed by atoms with Gasteiger partial charge < -0.3 is 4.90 Å². The minimum Gasteiger partial charge on any atom is -0.339 e. The molecular formula is C17H22N2O3. The summed E-state index contributed by atoms with van der Waals surface area (Å²) in [6.45, 7) is 7.50. The number of carbonyl (C=O) groups excluding carboxylic acids is 3. The molecule has 118 valence electrons. The first-order valence-corrected chi connectivity index (χ1v) is 7.84. The molecule has 1 aromatic rings. The maximum absolute atomic E-state index is 12.4. The number of unbranched alkanes of at least 4 members (excludes halogenated alkanes) is 1. The molecule has 1 aliphatic heterocycles. The molecule has 3 amide bonds. The highest BCUT2D eigenvalue weighted by Crippen LogP contribution is 2.25. The van der Waals surface area contributed by atoms with Crippen molar-refractivity contribution in [3.05, 3.63) is 34.9 Å². The van der Waals surface area contributed by atoms with Crippen molar-refractivity contribution in [3.8, 4) is 0 Å². The van der Waals surface area contributed by atoms with Crippen molar-refractivity contribution < 1.29 is 14.4 Å². The Morgan fingerprint density at radius 2 is 1.68 bits per heavy atom. The Morgan fingerprint density at radius 1 is 1.05 bits per heavy atom. The lowest BCUT2D eigenvalue weighted by molar-refractivity contribution is 0.0652. The SMILES string of the molecule is CCCCN1C(=O)c2ccc(C(=O)N(CC)CC)cc2C1=O. The van der Waals surface area contributed by atoms with Gasteiger partial charge in [-0.1, -0.05) is 13.3 Å². The summed E-state index contributed by atoms with van der Waals surface area (Å²) in [7, 11) is 0. The first-order valence-electron chi connectivity index (χ1n) is 7.84. The van der Waals surface area contributed by atoms with Crippen molar-refractivity contribution in [1.29, 1.82) is 0 Å². The van der Waals surface area contributed by atoms with Crippen molar-refractivity contribution in [2.45, 2.75) is 33.6 Å². The third kappa shape index (κ3) is 2.75. The van der Waals surface area contributed by atoms with E-state index in [-0.39, 0.29) is 17.7 Å². The Labute approximate surface area is 130 Å². The molecule has 0 bridgehead atoms. The van der Waals surface area contributed by atoms with Crippen molar-refractivity contribution in [3.63, 3.8) is 0 Å². The number of imide groups is 1. The highest BCUT2D eigenvalue weighted by atomic mass is 16.2. The predicted octanol–water partition coefficient (Wildman–Crippen LogP) is 2.56. The maximum Gasteiger partial charge on any atom is 0.261 e. The molecule has 0 saturated carbocycles. The van der Waals surface area contributed by atoms with E-state index in [0.717, 1.165) is 12.8 Å². The normalized spacial score (nSPS) is 13.5. The summed E-state index contributed by atoms with van der Waals surface area (Å²) in [4.78, 5) is 40.0. The fraction of sp³-hybridized carbons (Fsp3) is 0.471. The van der Waals surface area contributed by atoms with E-state index < -0.39 is 0 Å². The topological polar surface area (TPSA) is 57.7 Å². The lowest BCUT2D eigenvalue weighted by Gasteiger charge is -2.18. The molecule has 22 heavy (non-hydrogen) atoms. The highest BCUT2D eigenvalue weighted by molar-refractivity contribution is 6.22. The molecule has 1 aromatic carbocycles. The molecule has 1 heterocycles. The lowest BCUT2D eigenvalue weighted by Crippen LogP contribution is -2.31. The van der Waals surface area contributed by atoms with Crippen LogP contribution in [0.5, 0.6) is 0 Å². The number of hydrogen-bond donors (Lipinski definition) is 0. The van der Waals surface area contributed by atoms with Crippen LogP contribution in [0.3, 0.4) is 0 Å². The second-order valence-corrected chi connectivity index (χ2v) is 5.35. The van der Waals surface area contributed by atoms with E-state index in [1.165, 1.54) is 4.90 Å². The maximum atomic E-state index is 12.4. The van der Waals surface area contributed by atoms with Crippen molar-refractivity contribution >= 4 is 17.7 Å². The summed E-state index contributed by atoms with van der Waals surface area (Å²) in [5, 5.41) is 0. The molecule has 0 unspecified atom stereocenters. The Morgan fingerprint density at radius 3 is 2.27 bits per heavy atom. The van der Waals surface area contributed by atoms with E-state index in [1.54, 1.807) is 23.1 Å². The van der Waals surface area contributed by atoms with Gasteiger partial charge in [-0.05, 0) is 38.5 Å². The minimum absolute atomic E-state index is 0.111. The zero-order valence-electron chi connectivity index (χ0n) is 13.4. The van der Waals surface area contributed by atoms with Gasteiger partial charge in [0, 0.05) is 25.2 Å². The average Bonchev–Trinajstić information content (AvgIpc) is 2.77. The number of nitrogens with zero attached hydrogens (tertiary/aromatic N) is 2. The van der Waals surface area contributed by atoms with Crippen LogP contribution in [0.25, 0.3) is 0 Å². The number of amides is 3. The van der Waals surface area contributed by atoms with Crippen molar-refractivity contribution in [2.75, 3.05) is 19.6 Å². The third-order valence-corrected chi connectivity index (χ3v) is 4.00. The van der Waals surface area contributed by atoms with Gasteiger partial charge in [-0.25, -0.2) is 0 Å². The van der Waals surface area contributed by atoms with Gasteiger partial charge in [-0.15, -0.1) is 0 Å². The van der Waals surface area contributed by atoms with Crippen molar-refractivity contribution in [2.24, 2.45) is 0 Å². The van der Waals surface area contributed by atoms with Gasteiger partial charge in [0.05, 0.1) is 11.1 Å². The van der Waals surface area contributed by atoms with Crippen LogP contribution in [0, 0.1) is 0 Å². The Bertz CT molecular complexity index is 606. The molecule has 1 aliphatic rings. The number of fused-ring (bicyclic) bond motifs is 1. The van der Waals surface area contributed by atoms with Crippen LogP contribution in [0.2, 0.25) is 0 Å². The summed E-state index contributed by atoms with van der Waals surface area (Å²) in [6.07, 6.45) is 1.70. The van der Waals surface area contributed by atoms with Gasteiger partial charge >= 0.3 is 0 Å². The quantitative estimate of drug-likeness (QED) is 0.759. The van der Waals surface area contributed by atoms with Gasteiger partial charge in [-0.3, -0.25) is 19.3 Å². The van der Waals surface area contributed by atoms with E-state index >= 15 is 0 Å². The van der Waals surface area contributed by atoms with Gasteiger partial charge in [0.1, 0.15) is 0 Å². The molecule has 5 nitrogen and oxygen atoms in total. The van der Waals surface area contributed by atoms with Crippen LogP contribution in [0.4, 0.5) is 0 Å². The molecule has 0 N–H and O–H groups in total. The summed E-state index contributed by atoms with van der Waals surface area (Å²) in [6, 6.07) is 4.79. The molecule has 0 spiro atoms. The summed E-state index contributed by atoms with van der Waals surface area (Å²) in [5.74, 6) is -0.655. The van der Waals surface area contributed by atoms with E-state index in [1.807, 2.05) is 20.8 Å². The second kappa shape index (κ2) is 6.73. The van der Waals surface area contributed by atoms with Gasteiger partial charge in [0.2, 0.25) is 0 Å². The average molecular weight is 302 g/mol. The molecule has 0 aromatic heterocycles. The van der Waals surface area contributed by atoms with E-state index in [9.17, 15) is 14.4 Å². The van der Waals surface area contributed by atoms with Gasteiger partial charge in [0.15, 0.2) is 0 Å². The molecule has 0 aliphatic carbocycles. The van der Waals surface area contributed by atoms with E-state index in [2.05, 4.69) is 0 Å². The van der Waals surface area contributed by atoms with Crippen LogP contribution >= 0.6 is 0 Å². The predicted molar refractivity (Wildman–Crippen MR) is 84.0 cm³/mol. The fourth-order valence-corrected chi connectivity index (χ4v) is 2.64. The Hall–Kier alpha value is -2.17. The lowest BCUT2D eigenvalue weighted by atomic mass is 10.0. The first-order chi connectivity index (χ1) is 10.5. The molecule has 0 atom stereocenters. The largest absolute Gasteiger partial charge is 0.339 e. The van der Waals surface area contributed by atoms with Crippen LogP contribution in [-0.2, 0) is 0 Å². The fourth-order valence-electron chi connectivity index (χ4n) is 2.64. The highest BCUT2D eigenvalue weighted by Gasteiger charge is 2.35. The van der Waals surface area contributed by atoms with Crippen LogP contribution in [0.1, 0.15) is 64.7 Å². The zero-order valence-corrected chi connectivity index (χ0v) is 13.4. The molecule has 2 rings (SSSR count). The van der Waals surface area contributed by atoms with Crippen LogP contribution in [0.15, 0.2) is 18.2 Å². The molecule has 0 radical (unpaired) electrons. The van der Waals surface area contributed by atoms with Crippen molar-refractivity contribution in [1.82, 2.24) is 9.80 Å². The van der Waals surface area contributed by atoms with E-state index in [0.29, 0.717) is 36.3 Å². The molecule has 5 heteroatoms. The zero-order chi connectivity index (χ0) is 16.3. The molecule has 0 saturated heterocycles. The molecular weight excluding hydrogens is 280 g/mol. The standard InChI is InChI=1S/C17H22N2O3/c1-4-7-10-19-16(21)13-9-8-12(11-14(13)17(19)22)15(20)18(5-2)6-3/h8-9,11H,4-7,10H2,1-3H3. The van der Waals surface area contributed by atoms with Crippen LogP contribution < -0.4 is 0 Å². The first kappa shape index (κ1) is 16.2. The Balaban J connectivity index is 2.31. The summed E-state index contributed by atoms with van der Waals surface area (Å²) >= 11 is 0. The number of benzene rings is 1. The van der Waals surface area contributed by atoms with Gasteiger partial charge in [0.25, 0.3) is 17.7 Å². The van der Waals surface area contributed by atoms with Gasteiger partial charge in [-0.2, -0.15) is 0 Å². The minimum atomic E-state index is -0.289. The monoisotopic (exact) mass is 302 g/mol. The van der Waals surface area contributed by atoms with Crippen LogP contribution in [-0.4, -0.2) is 47.2 Å². The summed E-state index contributed by atoms with van der Waals surface area (Å²) in [5.41, 5.74) is 1.21. The summed E-state index contributed by atoms with van der Waals surface area (Å²) < 4.78 is 0. The number of hydrogen-bond acceptors (Lipinski definition) is 3. The molecule has 0 fully saturated rings. The Kier molecular flexibility index (Phi) is 4.96. The van der Waals surface area contributed by atoms with E-state index in [4.69, 9.17) is 0 Å². The third-order valence-electron chi connectivity index (χ3n) is 4.00.